The van der Waals surface area contributed by atoms with Crippen molar-refractivity contribution in [3.05, 3.63) is 34.8 Å². The minimum absolute atomic E-state index is 0.626. The van der Waals surface area contributed by atoms with Crippen molar-refractivity contribution in [2.24, 2.45) is 0 Å². The number of hydrogen-bond acceptors (Lipinski definition) is 3. The molecule has 1 aliphatic rings. The van der Waals surface area contributed by atoms with Gasteiger partial charge in [-0.2, -0.15) is 0 Å². The van der Waals surface area contributed by atoms with Crippen molar-refractivity contribution in [1.82, 2.24) is 4.98 Å². The van der Waals surface area contributed by atoms with E-state index in [2.05, 4.69) is 11.9 Å². The zero-order valence-electron chi connectivity index (χ0n) is 9.23. The van der Waals surface area contributed by atoms with E-state index in [-0.39, 0.29) is 0 Å². The second-order valence-electron chi connectivity index (χ2n) is 4.33. The lowest BCUT2D eigenvalue weighted by Gasteiger charge is -2.07. The molecule has 16 heavy (non-hydrogen) atoms. The standard InChI is InChI=1S/C13H14N2S/c1-8-5-6-10-11(8)12(13(14)16-10)9-4-2-3-7-15-9/h2-4,7-8H,5-6,14H2,1H3. The molecule has 0 saturated carbocycles. The van der Waals surface area contributed by atoms with Crippen molar-refractivity contribution < 1.29 is 0 Å². The summed E-state index contributed by atoms with van der Waals surface area (Å²) in [6.07, 6.45) is 4.26. The highest BCUT2D eigenvalue weighted by molar-refractivity contribution is 7.16. The van der Waals surface area contributed by atoms with Gasteiger partial charge >= 0.3 is 0 Å². The summed E-state index contributed by atoms with van der Waals surface area (Å²) < 4.78 is 0. The molecule has 2 aromatic heterocycles. The van der Waals surface area contributed by atoms with Crippen molar-refractivity contribution >= 4 is 16.3 Å². The van der Waals surface area contributed by atoms with E-state index in [9.17, 15) is 0 Å². The molecular formula is C13H14N2S. The molecule has 0 aromatic carbocycles. The van der Waals surface area contributed by atoms with Crippen LogP contribution >= 0.6 is 11.3 Å². The Kier molecular flexibility index (Phi) is 2.21. The highest BCUT2D eigenvalue weighted by Crippen LogP contribution is 2.47. The molecule has 1 atom stereocenters. The Bertz CT molecular complexity index is 516. The van der Waals surface area contributed by atoms with E-state index in [4.69, 9.17) is 5.73 Å². The molecule has 0 aliphatic heterocycles. The van der Waals surface area contributed by atoms with E-state index < -0.39 is 0 Å². The second-order valence-corrected chi connectivity index (χ2v) is 5.47. The first-order valence-corrected chi connectivity index (χ1v) is 6.41. The average molecular weight is 230 g/mol. The van der Waals surface area contributed by atoms with Crippen molar-refractivity contribution in [2.45, 2.75) is 25.7 Å². The van der Waals surface area contributed by atoms with Crippen molar-refractivity contribution in [1.29, 1.82) is 0 Å². The molecular weight excluding hydrogens is 216 g/mol. The van der Waals surface area contributed by atoms with Crippen LogP contribution in [0.2, 0.25) is 0 Å². The predicted molar refractivity (Wildman–Crippen MR) is 68.7 cm³/mol. The van der Waals surface area contributed by atoms with Gasteiger partial charge in [0, 0.05) is 16.6 Å². The summed E-state index contributed by atoms with van der Waals surface area (Å²) in [6.45, 7) is 2.28. The van der Waals surface area contributed by atoms with Crippen LogP contribution in [0.3, 0.4) is 0 Å². The van der Waals surface area contributed by atoms with Crippen LogP contribution in [0.5, 0.6) is 0 Å². The van der Waals surface area contributed by atoms with E-state index >= 15 is 0 Å². The first-order chi connectivity index (χ1) is 7.77. The monoisotopic (exact) mass is 230 g/mol. The number of nitrogens with two attached hydrogens (primary N) is 1. The molecule has 0 saturated heterocycles. The smallest absolute Gasteiger partial charge is 0.0957 e. The first-order valence-electron chi connectivity index (χ1n) is 5.60. The van der Waals surface area contributed by atoms with Gasteiger partial charge in [0.15, 0.2) is 0 Å². The zero-order chi connectivity index (χ0) is 11.1. The Morgan fingerprint density at radius 2 is 2.31 bits per heavy atom. The number of hydrogen-bond donors (Lipinski definition) is 1. The second kappa shape index (κ2) is 3.59. The van der Waals surface area contributed by atoms with Crippen molar-refractivity contribution in [2.75, 3.05) is 5.73 Å². The largest absolute Gasteiger partial charge is 0.390 e. The highest BCUT2D eigenvalue weighted by atomic mass is 32.1. The van der Waals surface area contributed by atoms with E-state index in [1.807, 2.05) is 24.4 Å². The quantitative estimate of drug-likeness (QED) is 0.815. The lowest BCUT2D eigenvalue weighted by molar-refractivity contribution is 0.748. The summed E-state index contributed by atoms with van der Waals surface area (Å²) in [6, 6.07) is 6.00. The molecule has 0 fully saturated rings. The van der Waals surface area contributed by atoms with Crippen molar-refractivity contribution in [3.63, 3.8) is 0 Å². The number of aryl methyl sites for hydroxylation is 1. The lowest BCUT2D eigenvalue weighted by atomic mass is 9.99. The van der Waals surface area contributed by atoms with Crippen LogP contribution in [0, 0.1) is 0 Å². The Labute approximate surface area is 99.1 Å². The van der Waals surface area contributed by atoms with Gasteiger partial charge in [0.25, 0.3) is 0 Å². The Morgan fingerprint density at radius 3 is 3.06 bits per heavy atom. The van der Waals surface area contributed by atoms with Gasteiger partial charge in [-0.3, -0.25) is 4.98 Å². The molecule has 3 rings (SSSR count). The molecule has 0 spiro atoms. The van der Waals surface area contributed by atoms with Crippen LogP contribution < -0.4 is 5.73 Å². The molecule has 1 unspecified atom stereocenters. The van der Waals surface area contributed by atoms with Crippen LogP contribution in [0.25, 0.3) is 11.3 Å². The molecule has 1 aliphatic carbocycles. The van der Waals surface area contributed by atoms with E-state index in [1.165, 1.54) is 28.8 Å². The van der Waals surface area contributed by atoms with E-state index in [1.54, 1.807) is 11.3 Å². The number of rotatable bonds is 1. The van der Waals surface area contributed by atoms with Gasteiger partial charge in [-0.05, 0) is 36.5 Å². The summed E-state index contributed by atoms with van der Waals surface area (Å²) in [4.78, 5) is 5.88. The van der Waals surface area contributed by atoms with Gasteiger partial charge in [0.2, 0.25) is 0 Å². The fourth-order valence-electron chi connectivity index (χ4n) is 2.48. The number of thiophene rings is 1. The Hall–Kier alpha value is -1.35. The topological polar surface area (TPSA) is 38.9 Å². The number of pyridine rings is 1. The van der Waals surface area contributed by atoms with Crippen molar-refractivity contribution in [3.8, 4) is 11.3 Å². The normalized spacial score (nSPS) is 18.7. The highest BCUT2D eigenvalue weighted by Gasteiger charge is 2.27. The lowest BCUT2D eigenvalue weighted by Crippen LogP contribution is -1.93. The van der Waals surface area contributed by atoms with E-state index in [0.717, 1.165) is 10.7 Å². The first kappa shape index (κ1) is 9.85. The fourth-order valence-corrected chi connectivity index (χ4v) is 3.70. The third-order valence-corrected chi connectivity index (χ3v) is 4.36. The molecule has 0 radical (unpaired) electrons. The fraction of sp³-hybridized carbons (Fsp3) is 0.308. The molecule has 0 amide bonds. The number of fused-ring (bicyclic) bond motifs is 1. The zero-order valence-corrected chi connectivity index (χ0v) is 10.1. The maximum Gasteiger partial charge on any atom is 0.0957 e. The molecule has 3 heteroatoms. The third-order valence-electron chi connectivity index (χ3n) is 3.27. The van der Waals surface area contributed by atoms with Gasteiger partial charge in [-0.25, -0.2) is 0 Å². The van der Waals surface area contributed by atoms with Crippen LogP contribution in [0.1, 0.15) is 29.7 Å². The Balaban J connectivity index is 2.22. The van der Waals surface area contributed by atoms with Crippen LogP contribution in [-0.4, -0.2) is 4.98 Å². The molecule has 2 N–H and O–H groups in total. The molecule has 2 heterocycles. The van der Waals surface area contributed by atoms with Gasteiger partial charge in [0.1, 0.15) is 0 Å². The number of aromatic nitrogens is 1. The van der Waals surface area contributed by atoms with Crippen LogP contribution in [0.4, 0.5) is 5.00 Å². The van der Waals surface area contributed by atoms with Crippen LogP contribution in [-0.2, 0) is 6.42 Å². The maximum absolute atomic E-state index is 6.12. The maximum atomic E-state index is 6.12. The molecule has 2 nitrogen and oxygen atoms in total. The summed E-state index contributed by atoms with van der Waals surface area (Å²) in [7, 11) is 0. The molecule has 0 bridgehead atoms. The summed E-state index contributed by atoms with van der Waals surface area (Å²) in [5.41, 5.74) is 9.78. The number of anilines is 1. The number of nitrogens with zero attached hydrogens (tertiary/aromatic N) is 1. The van der Waals surface area contributed by atoms with Gasteiger partial charge in [0.05, 0.1) is 10.7 Å². The van der Waals surface area contributed by atoms with E-state index in [0.29, 0.717) is 5.92 Å². The summed E-state index contributed by atoms with van der Waals surface area (Å²) in [5.74, 6) is 0.626. The predicted octanol–water partition coefficient (Wildman–Crippen LogP) is 3.44. The van der Waals surface area contributed by atoms with Crippen LogP contribution in [0.15, 0.2) is 24.4 Å². The molecule has 2 aromatic rings. The SMILES string of the molecule is CC1CCc2sc(N)c(-c3ccccn3)c21. The molecule has 82 valence electrons. The Morgan fingerprint density at radius 1 is 1.44 bits per heavy atom. The van der Waals surface area contributed by atoms with Gasteiger partial charge in [-0.1, -0.05) is 13.0 Å². The summed E-state index contributed by atoms with van der Waals surface area (Å²) in [5, 5.41) is 0.926. The minimum atomic E-state index is 0.626. The third kappa shape index (κ3) is 1.35. The average Bonchev–Trinajstić information content (AvgIpc) is 2.80. The van der Waals surface area contributed by atoms with Gasteiger partial charge in [-0.15, -0.1) is 11.3 Å². The van der Waals surface area contributed by atoms with Gasteiger partial charge < -0.3 is 5.73 Å². The minimum Gasteiger partial charge on any atom is -0.390 e. The summed E-state index contributed by atoms with van der Waals surface area (Å²) >= 11 is 1.74. The number of nitrogen functional groups attached to an aromatic ring is 1.